The van der Waals surface area contributed by atoms with Gasteiger partial charge in [0, 0.05) is 37.0 Å². The van der Waals surface area contributed by atoms with Gasteiger partial charge in [0.2, 0.25) is 0 Å². The maximum Gasteiger partial charge on any atom is 0.273 e. The van der Waals surface area contributed by atoms with E-state index in [1.807, 2.05) is 30.3 Å². The van der Waals surface area contributed by atoms with Gasteiger partial charge in [-0.2, -0.15) is 0 Å². The van der Waals surface area contributed by atoms with Gasteiger partial charge in [-0.3, -0.25) is 14.4 Å². The largest absolute Gasteiger partial charge is 0.382 e. The number of rotatable bonds is 9. The molecule has 0 spiro atoms. The van der Waals surface area contributed by atoms with Gasteiger partial charge in [-0.25, -0.2) is 15.0 Å². The third kappa shape index (κ3) is 6.68. The maximum absolute atomic E-state index is 12.7. The molecule has 4 aromatic rings. The van der Waals surface area contributed by atoms with Crippen LogP contribution in [-0.2, 0) is 6.54 Å². The molecule has 2 aromatic carbocycles. The molecule has 11 heteroatoms. The lowest BCUT2D eigenvalue weighted by molar-refractivity contribution is 0.0925. The minimum absolute atomic E-state index is 0.0470. The number of nitrogens with one attached hydrogen (secondary N) is 3. The predicted molar refractivity (Wildman–Crippen MR) is 143 cm³/mol. The first kappa shape index (κ1) is 26.2. The standard InChI is InChI=1S/C27H24ClN7O3/c28-23-20(10-5-11-30-23)26(37)31-12-13-32-27(38)22-24(29)33-16-21(35-22)18-8-4-9-19(14-18)25(36)34-15-17-6-2-1-3-7-17/h1-11,14,16H,12-13,15H2,(H2,29,33)(H,31,37)(H,32,38)(H,34,36). The van der Waals surface area contributed by atoms with E-state index in [0.29, 0.717) is 23.4 Å². The van der Waals surface area contributed by atoms with E-state index < -0.39 is 11.8 Å². The second-order valence-electron chi connectivity index (χ2n) is 8.09. The normalized spacial score (nSPS) is 10.4. The Hall–Kier alpha value is -4.83. The molecule has 0 unspecified atom stereocenters. The van der Waals surface area contributed by atoms with Gasteiger partial charge >= 0.3 is 0 Å². The van der Waals surface area contributed by atoms with Crippen LogP contribution < -0.4 is 21.7 Å². The number of benzene rings is 2. The number of hydrogen-bond acceptors (Lipinski definition) is 7. The molecule has 10 nitrogen and oxygen atoms in total. The number of pyridine rings is 1. The smallest absolute Gasteiger partial charge is 0.273 e. The molecule has 3 amide bonds. The van der Waals surface area contributed by atoms with E-state index in [4.69, 9.17) is 17.3 Å². The van der Waals surface area contributed by atoms with Gasteiger partial charge in [0.15, 0.2) is 11.5 Å². The molecule has 0 atom stereocenters. The van der Waals surface area contributed by atoms with Gasteiger partial charge in [-0.15, -0.1) is 0 Å². The van der Waals surface area contributed by atoms with Crippen LogP contribution in [-0.4, -0.2) is 45.8 Å². The quantitative estimate of drug-likeness (QED) is 0.192. The number of amides is 3. The van der Waals surface area contributed by atoms with E-state index in [1.165, 1.54) is 12.4 Å². The molecule has 0 saturated heterocycles. The first-order valence-electron chi connectivity index (χ1n) is 11.6. The molecule has 0 radical (unpaired) electrons. The summed E-state index contributed by atoms with van der Waals surface area (Å²) in [5.74, 6) is -1.26. The molecular weight excluding hydrogens is 506 g/mol. The van der Waals surface area contributed by atoms with E-state index in [-0.39, 0.29) is 41.2 Å². The van der Waals surface area contributed by atoms with E-state index in [2.05, 4.69) is 30.9 Å². The zero-order chi connectivity index (χ0) is 26.9. The molecule has 0 aliphatic rings. The summed E-state index contributed by atoms with van der Waals surface area (Å²) in [5.41, 5.74) is 8.46. The summed E-state index contributed by atoms with van der Waals surface area (Å²) < 4.78 is 0. The highest BCUT2D eigenvalue weighted by molar-refractivity contribution is 6.32. The molecule has 38 heavy (non-hydrogen) atoms. The topological polar surface area (TPSA) is 152 Å². The Morgan fingerprint density at radius 2 is 1.58 bits per heavy atom. The van der Waals surface area contributed by atoms with Crippen molar-refractivity contribution in [3.63, 3.8) is 0 Å². The van der Waals surface area contributed by atoms with Crippen molar-refractivity contribution in [1.82, 2.24) is 30.9 Å². The van der Waals surface area contributed by atoms with Gasteiger partial charge < -0.3 is 21.7 Å². The van der Waals surface area contributed by atoms with Crippen molar-refractivity contribution in [3.05, 3.63) is 107 Å². The minimum atomic E-state index is -0.553. The number of anilines is 1. The summed E-state index contributed by atoms with van der Waals surface area (Å²) in [6, 6.07) is 19.6. The second-order valence-corrected chi connectivity index (χ2v) is 8.45. The van der Waals surface area contributed by atoms with Crippen molar-refractivity contribution in [2.24, 2.45) is 0 Å². The third-order valence-electron chi connectivity index (χ3n) is 5.43. The van der Waals surface area contributed by atoms with Crippen LogP contribution in [0.2, 0.25) is 5.15 Å². The Kier molecular flexibility index (Phi) is 8.57. The van der Waals surface area contributed by atoms with Crippen LogP contribution in [0, 0.1) is 0 Å². The average molecular weight is 530 g/mol. The number of carbonyl (C=O) groups excluding carboxylic acids is 3. The van der Waals surface area contributed by atoms with Crippen LogP contribution in [0.1, 0.15) is 36.8 Å². The highest BCUT2D eigenvalue weighted by Gasteiger charge is 2.16. The Bertz CT molecular complexity index is 1460. The molecule has 2 heterocycles. The molecule has 0 aliphatic heterocycles. The first-order chi connectivity index (χ1) is 18.4. The van der Waals surface area contributed by atoms with Crippen molar-refractivity contribution in [1.29, 1.82) is 0 Å². The molecule has 5 N–H and O–H groups in total. The summed E-state index contributed by atoms with van der Waals surface area (Å²) >= 11 is 5.92. The Labute approximate surface area is 223 Å². The molecular formula is C27H24ClN7O3. The van der Waals surface area contributed by atoms with Crippen LogP contribution in [0.15, 0.2) is 79.1 Å². The van der Waals surface area contributed by atoms with Gasteiger partial charge in [0.25, 0.3) is 17.7 Å². The lowest BCUT2D eigenvalue weighted by Gasteiger charge is -2.10. The van der Waals surface area contributed by atoms with Gasteiger partial charge in [-0.1, -0.05) is 54.1 Å². The number of nitrogens with zero attached hydrogens (tertiary/aromatic N) is 3. The van der Waals surface area contributed by atoms with Crippen LogP contribution in [0.4, 0.5) is 5.82 Å². The van der Waals surface area contributed by atoms with Crippen molar-refractivity contribution in [2.75, 3.05) is 18.8 Å². The SMILES string of the molecule is Nc1ncc(-c2cccc(C(=O)NCc3ccccc3)c2)nc1C(=O)NCCNC(=O)c1cccnc1Cl. The predicted octanol–water partition coefficient (Wildman–Crippen LogP) is 2.86. The molecule has 0 bridgehead atoms. The lowest BCUT2D eigenvalue weighted by atomic mass is 10.1. The van der Waals surface area contributed by atoms with Crippen LogP contribution in [0.25, 0.3) is 11.3 Å². The van der Waals surface area contributed by atoms with Crippen LogP contribution in [0.3, 0.4) is 0 Å². The summed E-state index contributed by atoms with van der Waals surface area (Å²) in [6.45, 7) is 0.652. The lowest BCUT2D eigenvalue weighted by Crippen LogP contribution is -2.35. The van der Waals surface area contributed by atoms with Gasteiger partial charge in [0.05, 0.1) is 17.5 Å². The molecule has 0 aliphatic carbocycles. The number of carbonyl (C=O) groups is 3. The van der Waals surface area contributed by atoms with E-state index >= 15 is 0 Å². The van der Waals surface area contributed by atoms with Crippen molar-refractivity contribution in [3.8, 4) is 11.3 Å². The van der Waals surface area contributed by atoms with Crippen LogP contribution in [0.5, 0.6) is 0 Å². The number of hydrogen-bond donors (Lipinski definition) is 4. The molecule has 0 saturated carbocycles. The Morgan fingerprint density at radius 1 is 0.816 bits per heavy atom. The average Bonchev–Trinajstić information content (AvgIpc) is 2.95. The van der Waals surface area contributed by atoms with Crippen molar-refractivity contribution >= 4 is 35.1 Å². The Morgan fingerprint density at radius 3 is 2.34 bits per heavy atom. The molecule has 0 fully saturated rings. The fourth-order valence-corrected chi connectivity index (χ4v) is 3.70. The van der Waals surface area contributed by atoms with E-state index in [0.717, 1.165) is 5.56 Å². The van der Waals surface area contributed by atoms with E-state index in [1.54, 1.807) is 36.4 Å². The van der Waals surface area contributed by atoms with Crippen molar-refractivity contribution < 1.29 is 14.4 Å². The summed E-state index contributed by atoms with van der Waals surface area (Å²) in [4.78, 5) is 49.9. The number of nitrogen functional groups attached to an aromatic ring is 1. The summed E-state index contributed by atoms with van der Waals surface area (Å²) in [6.07, 6.45) is 2.92. The Balaban J connectivity index is 1.37. The minimum Gasteiger partial charge on any atom is -0.382 e. The van der Waals surface area contributed by atoms with Gasteiger partial charge in [0.1, 0.15) is 5.15 Å². The maximum atomic E-state index is 12.7. The molecule has 2 aromatic heterocycles. The monoisotopic (exact) mass is 529 g/mol. The second kappa shape index (κ2) is 12.4. The van der Waals surface area contributed by atoms with Gasteiger partial charge in [-0.05, 0) is 29.8 Å². The highest BCUT2D eigenvalue weighted by Crippen LogP contribution is 2.20. The molecule has 192 valence electrons. The number of aromatic nitrogens is 3. The zero-order valence-corrected chi connectivity index (χ0v) is 20.9. The summed E-state index contributed by atoms with van der Waals surface area (Å²) in [5, 5.41) is 8.28. The summed E-state index contributed by atoms with van der Waals surface area (Å²) in [7, 11) is 0. The zero-order valence-electron chi connectivity index (χ0n) is 20.1. The molecule has 4 rings (SSSR count). The fraction of sp³-hybridized carbons (Fsp3) is 0.111. The number of halogens is 1. The first-order valence-corrected chi connectivity index (χ1v) is 12.0. The van der Waals surface area contributed by atoms with Crippen molar-refractivity contribution in [2.45, 2.75) is 6.54 Å². The highest BCUT2D eigenvalue weighted by atomic mass is 35.5. The fourth-order valence-electron chi connectivity index (χ4n) is 3.49. The third-order valence-corrected chi connectivity index (χ3v) is 5.73. The van der Waals surface area contributed by atoms with E-state index in [9.17, 15) is 14.4 Å². The number of nitrogens with two attached hydrogens (primary N) is 1. The van der Waals surface area contributed by atoms with Crippen LogP contribution >= 0.6 is 11.6 Å².